The average Bonchev–Trinajstić information content (AvgIpc) is 2.68. The van der Waals surface area contributed by atoms with Crippen molar-refractivity contribution in [1.82, 2.24) is 15.5 Å². The van der Waals surface area contributed by atoms with Gasteiger partial charge in [0.15, 0.2) is 0 Å². The number of ether oxygens (including phenoxy) is 1. The highest BCUT2D eigenvalue weighted by atomic mass is 19.1. The predicted octanol–water partition coefficient (Wildman–Crippen LogP) is 2.21. The van der Waals surface area contributed by atoms with Crippen molar-refractivity contribution in [3.05, 3.63) is 35.6 Å². The molecule has 1 heterocycles. The number of rotatable bonds is 6. The van der Waals surface area contributed by atoms with Crippen molar-refractivity contribution in [2.24, 2.45) is 5.41 Å². The summed E-state index contributed by atoms with van der Waals surface area (Å²) >= 11 is 0. The fourth-order valence-corrected chi connectivity index (χ4v) is 2.90. The molecule has 0 saturated carbocycles. The Hall–Kier alpha value is -2.64. The number of carbonyl (C=O) groups is 3. The van der Waals surface area contributed by atoms with E-state index in [-0.39, 0.29) is 30.4 Å². The van der Waals surface area contributed by atoms with Gasteiger partial charge in [0.2, 0.25) is 11.8 Å². The first-order chi connectivity index (χ1) is 13.2. The second kappa shape index (κ2) is 9.52. The standard InChI is InChI=1S/C20H28FN3O4/c1-4-28-19(27)24-11-9-16(10-12-24)23-18(26)20(2,3)17(25)22-13-14-5-7-15(21)8-6-14/h5-8,16H,4,9-13H2,1-3H3,(H,22,25)(H,23,26). The molecule has 0 unspecified atom stereocenters. The number of halogens is 1. The van der Waals surface area contributed by atoms with Crippen LogP contribution in [-0.2, 0) is 20.9 Å². The molecule has 7 nitrogen and oxygen atoms in total. The van der Waals surface area contributed by atoms with Crippen LogP contribution in [-0.4, -0.2) is 48.5 Å². The van der Waals surface area contributed by atoms with Gasteiger partial charge in [-0.3, -0.25) is 9.59 Å². The average molecular weight is 393 g/mol. The molecule has 2 rings (SSSR count). The van der Waals surface area contributed by atoms with Gasteiger partial charge in [-0.05, 0) is 51.3 Å². The second-order valence-electron chi connectivity index (χ2n) is 7.37. The highest BCUT2D eigenvalue weighted by molar-refractivity contribution is 6.04. The third-order valence-electron chi connectivity index (χ3n) is 4.86. The summed E-state index contributed by atoms with van der Waals surface area (Å²) in [6.45, 7) is 6.44. The SMILES string of the molecule is CCOC(=O)N1CCC(NC(=O)C(C)(C)C(=O)NCc2ccc(F)cc2)CC1. The minimum absolute atomic E-state index is 0.0950. The van der Waals surface area contributed by atoms with Crippen LogP contribution in [0.3, 0.4) is 0 Å². The Morgan fingerprint density at radius 3 is 2.32 bits per heavy atom. The van der Waals surface area contributed by atoms with E-state index >= 15 is 0 Å². The quantitative estimate of drug-likeness (QED) is 0.726. The Morgan fingerprint density at radius 2 is 1.75 bits per heavy atom. The maximum absolute atomic E-state index is 12.9. The molecule has 1 saturated heterocycles. The number of nitrogens with one attached hydrogen (secondary N) is 2. The molecule has 1 aliphatic rings. The van der Waals surface area contributed by atoms with Gasteiger partial charge in [-0.25, -0.2) is 9.18 Å². The van der Waals surface area contributed by atoms with E-state index in [1.165, 1.54) is 12.1 Å². The Bertz CT molecular complexity index is 698. The molecule has 0 radical (unpaired) electrons. The molecule has 28 heavy (non-hydrogen) atoms. The van der Waals surface area contributed by atoms with Crippen molar-refractivity contribution in [3.63, 3.8) is 0 Å². The summed E-state index contributed by atoms with van der Waals surface area (Å²) in [5, 5.41) is 5.63. The lowest BCUT2D eigenvalue weighted by molar-refractivity contribution is -0.142. The Morgan fingerprint density at radius 1 is 1.14 bits per heavy atom. The third kappa shape index (κ3) is 5.68. The van der Waals surface area contributed by atoms with Gasteiger partial charge in [0.25, 0.3) is 0 Å². The van der Waals surface area contributed by atoms with Crippen LogP contribution in [0.2, 0.25) is 0 Å². The number of amides is 3. The lowest BCUT2D eigenvalue weighted by atomic mass is 9.90. The topological polar surface area (TPSA) is 87.7 Å². The van der Waals surface area contributed by atoms with Crippen LogP contribution in [0, 0.1) is 11.2 Å². The molecule has 0 atom stereocenters. The zero-order chi connectivity index (χ0) is 20.7. The van der Waals surface area contributed by atoms with Crippen molar-refractivity contribution in [2.45, 2.75) is 46.2 Å². The van der Waals surface area contributed by atoms with Crippen molar-refractivity contribution >= 4 is 17.9 Å². The first-order valence-electron chi connectivity index (χ1n) is 9.49. The fraction of sp³-hybridized carbons (Fsp3) is 0.550. The van der Waals surface area contributed by atoms with Crippen molar-refractivity contribution < 1.29 is 23.5 Å². The molecule has 1 aliphatic heterocycles. The van der Waals surface area contributed by atoms with Gasteiger partial charge in [0, 0.05) is 25.7 Å². The summed E-state index contributed by atoms with van der Waals surface area (Å²) < 4.78 is 17.9. The molecule has 154 valence electrons. The zero-order valence-corrected chi connectivity index (χ0v) is 16.6. The van der Waals surface area contributed by atoms with Crippen LogP contribution < -0.4 is 10.6 Å². The van der Waals surface area contributed by atoms with E-state index in [1.807, 2.05) is 0 Å². The van der Waals surface area contributed by atoms with E-state index in [4.69, 9.17) is 4.74 Å². The number of likely N-dealkylation sites (tertiary alicyclic amines) is 1. The molecular formula is C20H28FN3O4. The molecule has 0 bridgehead atoms. The Kier molecular flexibility index (Phi) is 7.37. The van der Waals surface area contributed by atoms with Gasteiger partial charge >= 0.3 is 6.09 Å². The van der Waals surface area contributed by atoms with Gasteiger partial charge in [0.05, 0.1) is 6.61 Å². The summed E-state index contributed by atoms with van der Waals surface area (Å²) in [5.74, 6) is -1.11. The molecule has 2 N–H and O–H groups in total. The molecule has 1 aromatic rings. The zero-order valence-electron chi connectivity index (χ0n) is 16.6. The van der Waals surface area contributed by atoms with E-state index in [9.17, 15) is 18.8 Å². The lowest BCUT2D eigenvalue weighted by Crippen LogP contribution is -2.53. The molecule has 0 spiro atoms. The van der Waals surface area contributed by atoms with E-state index < -0.39 is 11.3 Å². The lowest BCUT2D eigenvalue weighted by Gasteiger charge is -2.33. The number of benzene rings is 1. The van der Waals surface area contributed by atoms with Gasteiger partial charge in [-0.2, -0.15) is 0 Å². The van der Waals surface area contributed by atoms with E-state index in [0.717, 1.165) is 5.56 Å². The molecule has 0 aromatic heterocycles. The molecular weight excluding hydrogens is 365 g/mol. The van der Waals surface area contributed by atoms with Gasteiger partial charge < -0.3 is 20.3 Å². The molecule has 1 aromatic carbocycles. The molecule has 1 fully saturated rings. The highest BCUT2D eigenvalue weighted by Gasteiger charge is 2.37. The number of hydrogen-bond acceptors (Lipinski definition) is 4. The monoisotopic (exact) mass is 393 g/mol. The van der Waals surface area contributed by atoms with Crippen molar-refractivity contribution in [1.29, 1.82) is 0 Å². The first kappa shape index (κ1) is 21.7. The predicted molar refractivity (Wildman–Crippen MR) is 102 cm³/mol. The summed E-state index contributed by atoms with van der Waals surface area (Å²) in [5.41, 5.74) is -0.504. The van der Waals surface area contributed by atoms with Crippen LogP contribution >= 0.6 is 0 Å². The normalized spacial score (nSPS) is 15.1. The summed E-state index contributed by atoms with van der Waals surface area (Å²) in [6, 6.07) is 5.71. The maximum atomic E-state index is 12.9. The van der Waals surface area contributed by atoms with E-state index in [2.05, 4.69) is 10.6 Å². The van der Waals surface area contributed by atoms with Gasteiger partial charge in [0.1, 0.15) is 11.2 Å². The minimum atomic E-state index is -1.25. The largest absolute Gasteiger partial charge is 0.450 e. The van der Waals surface area contributed by atoms with E-state index in [0.29, 0.717) is 32.5 Å². The molecule has 0 aliphatic carbocycles. The van der Waals surface area contributed by atoms with Crippen LogP contribution in [0.5, 0.6) is 0 Å². The smallest absolute Gasteiger partial charge is 0.409 e. The van der Waals surface area contributed by atoms with Crippen LogP contribution in [0.15, 0.2) is 24.3 Å². The van der Waals surface area contributed by atoms with Crippen LogP contribution in [0.25, 0.3) is 0 Å². The molecule has 3 amide bonds. The maximum Gasteiger partial charge on any atom is 0.409 e. The first-order valence-corrected chi connectivity index (χ1v) is 9.49. The molecule has 8 heteroatoms. The number of hydrogen-bond donors (Lipinski definition) is 2. The Balaban J connectivity index is 1.82. The van der Waals surface area contributed by atoms with Crippen LogP contribution in [0.1, 0.15) is 39.2 Å². The third-order valence-corrected chi connectivity index (χ3v) is 4.86. The van der Waals surface area contributed by atoms with Crippen LogP contribution in [0.4, 0.5) is 9.18 Å². The highest BCUT2D eigenvalue weighted by Crippen LogP contribution is 2.19. The van der Waals surface area contributed by atoms with Gasteiger partial charge in [-0.15, -0.1) is 0 Å². The number of carbonyl (C=O) groups excluding carboxylic acids is 3. The number of nitrogens with zero attached hydrogens (tertiary/aromatic N) is 1. The second-order valence-corrected chi connectivity index (χ2v) is 7.37. The van der Waals surface area contributed by atoms with Crippen molar-refractivity contribution in [2.75, 3.05) is 19.7 Å². The Labute approximate surface area is 164 Å². The minimum Gasteiger partial charge on any atom is -0.450 e. The summed E-state index contributed by atoms with van der Waals surface area (Å²) in [6.07, 6.45) is 0.878. The summed E-state index contributed by atoms with van der Waals surface area (Å²) in [4.78, 5) is 38.5. The fourth-order valence-electron chi connectivity index (χ4n) is 2.90. The van der Waals surface area contributed by atoms with Gasteiger partial charge in [-0.1, -0.05) is 12.1 Å². The van der Waals surface area contributed by atoms with Crippen molar-refractivity contribution in [3.8, 4) is 0 Å². The number of piperidine rings is 1. The van der Waals surface area contributed by atoms with E-state index in [1.54, 1.807) is 37.8 Å². The summed E-state index contributed by atoms with van der Waals surface area (Å²) in [7, 11) is 0.